The fourth-order valence-electron chi connectivity index (χ4n) is 17.4. The second-order valence-corrected chi connectivity index (χ2v) is 36.9. The highest BCUT2D eigenvalue weighted by molar-refractivity contribution is 6.04. The van der Waals surface area contributed by atoms with Crippen molar-refractivity contribution < 1.29 is 0 Å². The van der Waals surface area contributed by atoms with Gasteiger partial charge in [0.2, 0.25) is 0 Å². The Bertz CT molecular complexity index is 5240. The summed E-state index contributed by atoms with van der Waals surface area (Å²) in [4.78, 5) is 5.61. The average Bonchev–Trinajstić information content (AvgIpc) is 0.683. The third-order valence-corrected chi connectivity index (χ3v) is 23.3. The summed E-state index contributed by atoms with van der Waals surface area (Å²) in [5.74, 6) is -0.367. The number of hydrogen-bond acceptors (Lipinski definition) is 2. The number of nitrogens with zero attached hydrogens (tertiary/aromatic N) is 2. The lowest BCUT2D eigenvalue weighted by molar-refractivity contribution is 0.569. The van der Waals surface area contributed by atoms with Crippen LogP contribution < -0.4 is 9.80 Å². The molecule has 13 aromatic carbocycles. The molecule has 1 aliphatic carbocycles. The fourth-order valence-corrected chi connectivity index (χ4v) is 17.4. The molecule has 0 atom stereocenters. The minimum Gasteiger partial charge on any atom is -0.309 e. The van der Waals surface area contributed by atoms with E-state index in [1.807, 2.05) is 0 Å². The Morgan fingerprint density at radius 3 is 0.907 bits per heavy atom. The predicted molar refractivity (Wildman–Crippen MR) is 458 cm³/mol. The fraction of sp³-hybridized carbons (Fsp3) is 0.257. The van der Waals surface area contributed by atoms with E-state index in [-0.39, 0.29) is 44.3 Å². The molecular weight excluding hydrogens is 1290 g/mol. The summed E-state index contributed by atoms with van der Waals surface area (Å²) in [6, 6.07) is 109. The minimum absolute atomic E-state index is 0.0416. The van der Waals surface area contributed by atoms with Crippen LogP contribution in [-0.2, 0) is 38.9 Å². The van der Waals surface area contributed by atoms with Gasteiger partial charge in [0, 0.05) is 28.5 Å². The van der Waals surface area contributed by atoms with Gasteiger partial charge < -0.3 is 9.80 Å². The zero-order valence-electron chi connectivity index (χ0n) is 66.3. The van der Waals surface area contributed by atoms with Crippen molar-refractivity contribution in [1.29, 1.82) is 0 Å². The molecule has 3 aliphatic rings. The van der Waals surface area contributed by atoms with Crippen LogP contribution in [0, 0.1) is 0 Å². The molecule has 0 amide bonds. The second-order valence-electron chi connectivity index (χ2n) is 36.9. The van der Waals surface area contributed by atoms with Crippen LogP contribution >= 0.6 is 0 Å². The molecule has 0 N–H and O–H groups in total. The van der Waals surface area contributed by atoms with E-state index in [0.717, 1.165) is 6.42 Å². The monoisotopic (exact) mass is 1390 g/mol. The zero-order chi connectivity index (χ0) is 75.0. The van der Waals surface area contributed by atoms with E-state index in [1.54, 1.807) is 0 Å². The van der Waals surface area contributed by atoms with Crippen molar-refractivity contribution in [1.82, 2.24) is 0 Å². The molecule has 0 saturated carbocycles. The summed E-state index contributed by atoms with van der Waals surface area (Å²) in [5.41, 5.74) is 38.9. The van der Waals surface area contributed by atoms with Gasteiger partial charge in [-0.2, -0.15) is 0 Å². The van der Waals surface area contributed by atoms with Crippen molar-refractivity contribution >= 4 is 34.1 Å². The first-order chi connectivity index (χ1) is 50.9. The summed E-state index contributed by atoms with van der Waals surface area (Å²) >= 11 is 0. The molecule has 0 saturated heterocycles. The first-order valence-electron chi connectivity index (χ1n) is 39.0. The van der Waals surface area contributed by atoms with E-state index in [4.69, 9.17) is 0 Å². The van der Waals surface area contributed by atoms with Crippen LogP contribution in [0.15, 0.2) is 279 Å². The lowest BCUT2D eigenvalue weighted by Crippen LogP contribution is -2.32. The second kappa shape index (κ2) is 26.2. The third kappa shape index (κ3) is 12.8. The third-order valence-electron chi connectivity index (χ3n) is 23.3. The van der Waals surface area contributed by atoms with Gasteiger partial charge in [-0.25, -0.2) is 0 Å². The Kier molecular flexibility index (Phi) is 17.3. The zero-order valence-corrected chi connectivity index (χ0v) is 66.3. The van der Waals surface area contributed by atoms with Gasteiger partial charge in [0.1, 0.15) is 0 Å². The van der Waals surface area contributed by atoms with Crippen LogP contribution in [0.5, 0.6) is 0 Å². The van der Waals surface area contributed by atoms with Gasteiger partial charge in [-0.05, 0) is 215 Å². The maximum atomic E-state index is 2.80. The molecule has 2 aliphatic heterocycles. The Balaban J connectivity index is 1.13. The smallest absolute Gasteiger partial charge is 0.0577 e. The molecule has 0 bridgehead atoms. The van der Waals surface area contributed by atoms with Crippen molar-refractivity contribution in [3.8, 4) is 66.8 Å². The molecule has 2 nitrogen and oxygen atoms in total. The summed E-state index contributed by atoms with van der Waals surface area (Å²) in [6.45, 7) is 43.0. The van der Waals surface area contributed by atoms with Crippen molar-refractivity contribution in [2.24, 2.45) is 0 Å². The maximum Gasteiger partial charge on any atom is 0.0577 e. The van der Waals surface area contributed by atoms with E-state index >= 15 is 0 Å². The number of hydrogen-bond donors (Lipinski definition) is 0. The standard InChI is InChI=1S/C105H104N2/c1-100(2,3)75-51-45-68(46-52-75)85-62-77(102(7,8)9)64-89(104(13,14)15)98(85)106-91-55-49-72(81-41-31-29-39-79(81)66-33-21-19-22-34-66)58-87(91)96-88-59-73(82-42-32-30-40-80(82)67-35-23-20-24-36-67)50-56-92(88)107(94-61-74(60-93(106)97(94)96)95-83-43-27-25-37-70(83)57-71-38-26-28-44-84(71)95)99-86(69-47-53-76(54-48-69)101(4,5)6)63-78(103(10,11)12)65-90(99)105(16,17)18/h19-56,58-65,95-96H,57H2,1-18H3. The number of rotatable bonds is 9. The molecule has 107 heavy (non-hydrogen) atoms. The van der Waals surface area contributed by atoms with E-state index in [1.165, 1.54) is 179 Å². The van der Waals surface area contributed by atoms with Crippen LogP contribution in [-0.4, -0.2) is 0 Å². The molecule has 0 radical (unpaired) electrons. The van der Waals surface area contributed by atoms with Crippen molar-refractivity contribution in [3.63, 3.8) is 0 Å². The van der Waals surface area contributed by atoms with Gasteiger partial charge in [-0.15, -0.1) is 0 Å². The molecular formula is C105H104N2. The van der Waals surface area contributed by atoms with E-state index in [0.29, 0.717) is 0 Å². The predicted octanol–water partition coefficient (Wildman–Crippen LogP) is 29.3. The van der Waals surface area contributed by atoms with Crippen molar-refractivity contribution in [3.05, 3.63) is 357 Å². The topological polar surface area (TPSA) is 6.48 Å². The highest BCUT2D eigenvalue weighted by Gasteiger charge is 2.46. The van der Waals surface area contributed by atoms with Crippen LogP contribution in [0.3, 0.4) is 0 Å². The molecule has 534 valence electrons. The molecule has 0 spiro atoms. The SMILES string of the molecule is CC(C)(C)c1ccc(-c2cc(C(C)(C)C)cc(C(C)(C)C)c2N2c3ccc(-c4ccccc4-c4ccccc4)cc3C3c4cc(-c5ccccc5-c5ccccc5)ccc4N(c4c(-c5ccc(C(C)(C)C)cc5)cc(C(C)(C)C)cc4C(C)(C)C)c4cc(C5c6ccccc6Cc6ccccc65)cc2c43)cc1. The average molecular weight is 1390 g/mol. The van der Waals surface area contributed by atoms with Crippen LogP contribution in [0.2, 0.25) is 0 Å². The highest BCUT2D eigenvalue weighted by Crippen LogP contribution is 2.66. The maximum absolute atomic E-state index is 2.80. The van der Waals surface area contributed by atoms with Gasteiger partial charge in [0.15, 0.2) is 0 Å². The Hall–Kier alpha value is -10.5. The van der Waals surface area contributed by atoms with E-state index in [2.05, 4.69) is 413 Å². The molecule has 0 fully saturated rings. The number of benzene rings is 13. The van der Waals surface area contributed by atoms with Gasteiger partial charge in [-0.3, -0.25) is 0 Å². The quantitative estimate of drug-likeness (QED) is 0.142. The molecule has 0 unspecified atom stereocenters. The van der Waals surface area contributed by atoms with Gasteiger partial charge >= 0.3 is 0 Å². The van der Waals surface area contributed by atoms with Gasteiger partial charge in [-0.1, -0.05) is 355 Å². The summed E-state index contributed by atoms with van der Waals surface area (Å²) in [5, 5.41) is 0. The molecule has 2 heterocycles. The van der Waals surface area contributed by atoms with Crippen LogP contribution in [0.25, 0.3) is 66.8 Å². The minimum atomic E-state index is -0.339. The first-order valence-corrected chi connectivity index (χ1v) is 39.0. The molecule has 13 aromatic rings. The lowest BCUT2D eigenvalue weighted by atomic mass is 9.70. The van der Waals surface area contributed by atoms with Gasteiger partial charge in [0.25, 0.3) is 0 Å². The molecule has 0 aromatic heterocycles. The Morgan fingerprint density at radius 2 is 0.551 bits per heavy atom. The Morgan fingerprint density at radius 1 is 0.234 bits per heavy atom. The lowest BCUT2D eigenvalue weighted by Gasteiger charge is -2.48. The normalized spacial score (nSPS) is 13.9. The van der Waals surface area contributed by atoms with Crippen molar-refractivity contribution in [2.45, 2.75) is 175 Å². The summed E-state index contributed by atoms with van der Waals surface area (Å²) < 4.78 is 0. The van der Waals surface area contributed by atoms with Crippen LogP contribution in [0.1, 0.15) is 214 Å². The van der Waals surface area contributed by atoms with Crippen LogP contribution in [0.4, 0.5) is 34.1 Å². The highest BCUT2D eigenvalue weighted by atomic mass is 15.2. The van der Waals surface area contributed by atoms with Gasteiger partial charge in [0.05, 0.1) is 34.1 Å². The summed E-state index contributed by atoms with van der Waals surface area (Å²) in [7, 11) is 0. The van der Waals surface area contributed by atoms with E-state index in [9.17, 15) is 0 Å². The molecule has 16 rings (SSSR count). The Labute approximate surface area is 638 Å². The number of anilines is 6. The molecule has 2 heteroatoms. The van der Waals surface area contributed by atoms with Crippen molar-refractivity contribution in [2.75, 3.05) is 9.80 Å². The summed E-state index contributed by atoms with van der Waals surface area (Å²) in [6.07, 6.45) is 0.881. The first kappa shape index (κ1) is 70.8. The number of fused-ring (bicyclic) bond motifs is 6. The van der Waals surface area contributed by atoms with E-state index < -0.39 is 0 Å². The largest absolute Gasteiger partial charge is 0.309 e.